The zero-order valence-electron chi connectivity index (χ0n) is 17.8. The fourth-order valence-electron chi connectivity index (χ4n) is 3.86. The van der Waals surface area contributed by atoms with Crippen molar-refractivity contribution < 1.29 is 9.90 Å². The van der Waals surface area contributed by atoms with E-state index in [-0.39, 0.29) is 23.1 Å². The van der Waals surface area contributed by atoms with Crippen molar-refractivity contribution in [3.8, 4) is 5.75 Å². The van der Waals surface area contributed by atoms with Crippen LogP contribution in [0, 0.1) is 0 Å². The number of hydrogen-bond acceptors (Lipinski definition) is 3. The van der Waals surface area contributed by atoms with Gasteiger partial charge in [0.2, 0.25) is 5.91 Å². The van der Waals surface area contributed by atoms with E-state index in [1.54, 1.807) is 12.1 Å². The van der Waals surface area contributed by atoms with Crippen molar-refractivity contribution in [3.63, 3.8) is 0 Å². The number of nitrogens with zero attached hydrogens (tertiary/aromatic N) is 1. The Morgan fingerprint density at radius 3 is 2.39 bits per heavy atom. The summed E-state index contributed by atoms with van der Waals surface area (Å²) in [6, 6.07) is 24.7. The van der Waals surface area contributed by atoms with Crippen LogP contribution in [0.3, 0.4) is 0 Å². The lowest BCUT2D eigenvalue weighted by Crippen LogP contribution is -2.35. The van der Waals surface area contributed by atoms with Gasteiger partial charge in [-0.1, -0.05) is 68.4 Å². The van der Waals surface area contributed by atoms with E-state index in [2.05, 4.69) is 36.3 Å². The van der Waals surface area contributed by atoms with Gasteiger partial charge < -0.3 is 15.4 Å². The van der Waals surface area contributed by atoms with Crippen LogP contribution >= 0.6 is 0 Å². The number of aromatic nitrogens is 2. The van der Waals surface area contributed by atoms with E-state index in [1.165, 1.54) is 0 Å². The van der Waals surface area contributed by atoms with Gasteiger partial charge in [-0.15, -0.1) is 0 Å². The summed E-state index contributed by atoms with van der Waals surface area (Å²) < 4.78 is 0. The number of H-pyrrole nitrogens is 1. The van der Waals surface area contributed by atoms with Crippen molar-refractivity contribution in [2.24, 2.45) is 0 Å². The molecule has 3 aromatic carbocycles. The maximum atomic E-state index is 13.1. The van der Waals surface area contributed by atoms with Gasteiger partial charge in [0, 0.05) is 6.42 Å². The predicted molar refractivity (Wildman–Crippen MR) is 123 cm³/mol. The van der Waals surface area contributed by atoms with E-state index in [0.717, 1.165) is 28.0 Å². The average Bonchev–Trinajstić information content (AvgIpc) is 3.19. The molecule has 0 aliphatic rings. The lowest BCUT2D eigenvalue weighted by Gasteiger charge is -2.26. The molecule has 158 valence electrons. The fourth-order valence-corrected chi connectivity index (χ4v) is 3.86. The highest BCUT2D eigenvalue weighted by atomic mass is 16.3. The largest absolute Gasteiger partial charge is 0.508 e. The maximum Gasteiger partial charge on any atom is 0.221 e. The number of aromatic hydroxyl groups is 1. The third-order valence-electron chi connectivity index (χ3n) is 5.61. The maximum absolute atomic E-state index is 13.1. The Balaban J connectivity index is 1.57. The molecule has 0 spiro atoms. The standard InChI is InChI=1S/C26H27N3O2/c1-26(2,19-8-4-3-5-9-19)17-24(31)27-23(16-18-12-14-20(30)15-13-18)25-28-21-10-6-7-11-22(21)29-25/h3-15,23,30H,16-17H2,1-2H3,(H,27,31)(H,28,29)/t23-/m0/s1. The molecule has 0 aliphatic carbocycles. The second-order valence-electron chi connectivity index (χ2n) is 8.56. The van der Waals surface area contributed by atoms with Crippen LogP contribution in [-0.4, -0.2) is 21.0 Å². The van der Waals surface area contributed by atoms with Crippen molar-refractivity contribution in [3.05, 3.63) is 95.8 Å². The molecule has 4 aromatic rings. The first kappa shape index (κ1) is 20.7. The lowest BCUT2D eigenvalue weighted by atomic mass is 9.81. The minimum absolute atomic E-state index is 0.0295. The molecule has 4 rings (SSSR count). The number of amides is 1. The predicted octanol–water partition coefficient (Wildman–Crippen LogP) is 5.04. The molecule has 1 atom stereocenters. The molecule has 0 aliphatic heterocycles. The minimum atomic E-state index is -0.309. The summed E-state index contributed by atoms with van der Waals surface area (Å²) in [5, 5.41) is 12.8. The third kappa shape index (κ3) is 4.94. The molecule has 5 heteroatoms. The van der Waals surface area contributed by atoms with Crippen LogP contribution < -0.4 is 5.32 Å². The van der Waals surface area contributed by atoms with Crippen LogP contribution in [-0.2, 0) is 16.6 Å². The van der Waals surface area contributed by atoms with Crippen molar-refractivity contribution in [1.82, 2.24) is 15.3 Å². The van der Waals surface area contributed by atoms with Gasteiger partial charge in [-0.05, 0) is 47.2 Å². The molecule has 1 amide bonds. The molecule has 1 heterocycles. The molecular formula is C26H27N3O2. The second kappa shape index (κ2) is 8.64. The number of benzene rings is 3. The minimum Gasteiger partial charge on any atom is -0.508 e. The van der Waals surface area contributed by atoms with Crippen LogP contribution in [0.5, 0.6) is 5.75 Å². The molecule has 0 saturated heterocycles. The first-order chi connectivity index (χ1) is 14.9. The van der Waals surface area contributed by atoms with Gasteiger partial charge >= 0.3 is 0 Å². The number of imidazole rings is 1. The Morgan fingerprint density at radius 1 is 1.00 bits per heavy atom. The number of carbonyl (C=O) groups is 1. The number of phenolic OH excluding ortho intramolecular Hbond substituents is 1. The number of carbonyl (C=O) groups excluding carboxylic acids is 1. The highest BCUT2D eigenvalue weighted by Gasteiger charge is 2.26. The van der Waals surface area contributed by atoms with Gasteiger partial charge in [0.1, 0.15) is 11.6 Å². The zero-order chi connectivity index (χ0) is 21.8. The summed E-state index contributed by atoms with van der Waals surface area (Å²) in [5.41, 5.74) is 3.65. The Labute approximate surface area is 182 Å². The van der Waals surface area contributed by atoms with Crippen molar-refractivity contribution >= 4 is 16.9 Å². The molecule has 0 bridgehead atoms. The molecule has 0 unspecified atom stereocenters. The normalized spacial score (nSPS) is 12.6. The molecule has 0 fully saturated rings. The summed E-state index contributed by atoms with van der Waals surface area (Å²) in [6.45, 7) is 4.16. The number of nitrogens with one attached hydrogen (secondary N) is 2. The number of fused-ring (bicyclic) bond motifs is 1. The topological polar surface area (TPSA) is 78.0 Å². The molecule has 1 aromatic heterocycles. The lowest BCUT2D eigenvalue weighted by molar-refractivity contribution is -0.123. The van der Waals surface area contributed by atoms with E-state index in [9.17, 15) is 9.90 Å². The van der Waals surface area contributed by atoms with Crippen LogP contribution in [0.1, 0.15) is 43.3 Å². The fraction of sp³-hybridized carbons (Fsp3) is 0.231. The van der Waals surface area contributed by atoms with Gasteiger partial charge in [-0.3, -0.25) is 4.79 Å². The van der Waals surface area contributed by atoms with Gasteiger partial charge in [0.15, 0.2) is 0 Å². The average molecular weight is 414 g/mol. The summed E-state index contributed by atoms with van der Waals surface area (Å²) >= 11 is 0. The molecule has 3 N–H and O–H groups in total. The van der Waals surface area contributed by atoms with Crippen LogP contribution in [0.25, 0.3) is 11.0 Å². The van der Waals surface area contributed by atoms with Gasteiger partial charge in [-0.2, -0.15) is 0 Å². The number of hydrogen-bond donors (Lipinski definition) is 3. The Kier molecular flexibility index (Phi) is 5.76. The number of aromatic amines is 1. The van der Waals surface area contributed by atoms with E-state index in [1.807, 2.05) is 54.6 Å². The smallest absolute Gasteiger partial charge is 0.221 e. The molecular weight excluding hydrogens is 386 g/mol. The summed E-state index contributed by atoms with van der Waals surface area (Å²) in [4.78, 5) is 21.1. The highest BCUT2D eigenvalue weighted by molar-refractivity contribution is 5.79. The van der Waals surface area contributed by atoms with Gasteiger partial charge in [-0.25, -0.2) is 4.98 Å². The molecule has 5 nitrogen and oxygen atoms in total. The summed E-state index contributed by atoms with van der Waals surface area (Å²) in [5.74, 6) is 0.913. The van der Waals surface area contributed by atoms with Crippen molar-refractivity contribution in [2.75, 3.05) is 0 Å². The molecule has 31 heavy (non-hydrogen) atoms. The quantitative estimate of drug-likeness (QED) is 0.397. The monoisotopic (exact) mass is 413 g/mol. The van der Waals surface area contributed by atoms with E-state index in [0.29, 0.717) is 12.8 Å². The van der Waals surface area contributed by atoms with Crippen LogP contribution in [0.15, 0.2) is 78.9 Å². The van der Waals surface area contributed by atoms with E-state index in [4.69, 9.17) is 4.98 Å². The van der Waals surface area contributed by atoms with Crippen molar-refractivity contribution in [1.29, 1.82) is 0 Å². The highest BCUT2D eigenvalue weighted by Crippen LogP contribution is 2.28. The molecule has 0 saturated carbocycles. The Morgan fingerprint density at radius 2 is 1.68 bits per heavy atom. The van der Waals surface area contributed by atoms with E-state index >= 15 is 0 Å². The Bertz CT molecular complexity index is 1130. The van der Waals surface area contributed by atoms with Gasteiger partial charge in [0.05, 0.1) is 17.1 Å². The summed E-state index contributed by atoms with van der Waals surface area (Å²) in [7, 11) is 0. The van der Waals surface area contributed by atoms with E-state index < -0.39 is 0 Å². The van der Waals surface area contributed by atoms with Crippen LogP contribution in [0.4, 0.5) is 0 Å². The number of rotatable bonds is 7. The second-order valence-corrected chi connectivity index (χ2v) is 8.56. The first-order valence-electron chi connectivity index (χ1n) is 10.5. The summed E-state index contributed by atoms with van der Waals surface area (Å²) in [6.07, 6.45) is 0.931. The van der Waals surface area contributed by atoms with Gasteiger partial charge in [0.25, 0.3) is 0 Å². The third-order valence-corrected chi connectivity index (χ3v) is 5.61. The zero-order valence-corrected chi connectivity index (χ0v) is 17.8. The molecule has 0 radical (unpaired) electrons. The van der Waals surface area contributed by atoms with Crippen LogP contribution in [0.2, 0.25) is 0 Å². The number of para-hydroxylation sites is 2. The SMILES string of the molecule is CC(C)(CC(=O)N[C@@H](Cc1ccc(O)cc1)c1nc2ccccc2[nH]1)c1ccccc1. The first-order valence-corrected chi connectivity index (χ1v) is 10.5. The number of phenols is 1. The Hall–Kier alpha value is -3.60. The van der Waals surface area contributed by atoms with Crippen molar-refractivity contribution in [2.45, 2.75) is 38.1 Å².